The second kappa shape index (κ2) is 3.30. The van der Waals surface area contributed by atoms with Crippen LogP contribution in [0.2, 0.25) is 0 Å². The third-order valence-electron chi connectivity index (χ3n) is 1.82. The third-order valence-corrected chi connectivity index (χ3v) is 2.16. The maximum Gasteiger partial charge on any atom is 0.147 e. The predicted molar refractivity (Wildman–Crippen MR) is 53.6 cm³/mol. The highest BCUT2D eigenvalue weighted by Gasteiger charge is 2.05. The Kier molecular flexibility index (Phi) is 2.14. The normalized spacial score (nSPS) is 10.6. The molecule has 0 N–H and O–H groups in total. The van der Waals surface area contributed by atoms with Crippen molar-refractivity contribution < 1.29 is 4.74 Å². The minimum Gasteiger partial charge on any atom is -0.492 e. The van der Waals surface area contributed by atoms with E-state index in [1.54, 1.807) is 12.4 Å². The SMILES string of the molecule is CCOc1cc(S)n2ccncc12. The molecule has 0 bridgehead atoms. The van der Waals surface area contributed by atoms with E-state index in [0.29, 0.717) is 6.61 Å². The summed E-state index contributed by atoms with van der Waals surface area (Å²) in [6.45, 7) is 2.61. The number of nitrogens with zero attached hydrogens (tertiary/aromatic N) is 2. The highest BCUT2D eigenvalue weighted by atomic mass is 32.1. The molecule has 0 aliphatic heterocycles. The number of rotatable bonds is 2. The summed E-state index contributed by atoms with van der Waals surface area (Å²) in [4.78, 5) is 4.03. The molecule has 2 aromatic heterocycles. The summed E-state index contributed by atoms with van der Waals surface area (Å²) in [6, 6.07) is 1.89. The summed E-state index contributed by atoms with van der Waals surface area (Å²) in [6.07, 6.45) is 5.35. The summed E-state index contributed by atoms with van der Waals surface area (Å²) >= 11 is 4.32. The van der Waals surface area contributed by atoms with Crippen LogP contribution in [-0.4, -0.2) is 16.0 Å². The van der Waals surface area contributed by atoms with Crippen molar-refractivity contribution in [2.45, 2.75) is 11.9 Å². The average Bonchev–Trinajstić information content (AvgIpc) is 2.46. The van der Waals surface area contributed by atoms with Gasteiger partial charge in [0.2, 0.25) is 0 Å². The number of aromatic nitrogens is 2. The number of fused-ring (bicyclic) bond motifs is 1. The second-order valence-electron chi connectivity index (χ2n) is 2.63. The van der Waals surface area contributed by atoms with E-state index in [0.717, 1.165) is 16.3 Å². The molecule has 0 atom stereocenters. The molecule has 0 saturated heterocycles. The van der Waals surface area contributed by atoms with Gasteiger partial charge >= 0.3 is 0 Å². The molecule has 0 radical (unpaired) electrons. The monoisotopic (exact) mass is 194 g/mol. The summed E-state index contributed by atoms with van der Waals surface area (Å²) in [7, 11) is 0. The molecule has 0 aliphatic carbocycles. The molecule has 3 nitrogen and oxygen atoms in total. The van der Waals surface area contributed by atoms with Gasteiger partial charge in [-0.3, -0.25) is 4.98 Å². The standard InChI is InChI=1S/C9H10N2OS/c1-2-12-8-5-9(13)11-4-3-10-6-7(8)11/h3-6,13H,2H2,1H3. The molecule has 0 spiro atoms. The van der Waals surface area contributed by atoms with Crippen molar-refractivity contribution in [2.24, 2.45) is 0 Å². The van der Waals surface area contributed by atoms with Gasteiger partial charge in [-0.1, -0.05) is 0 Å². The largest absolute Gasteiger partial charge is 0.492 e. The Bertz CT molecular complexity index is 424. The van der Waals surface area contributed by atoms with E-state index in [9.17, 15) is 0 Å². The minimum atomic E-state index is 0.655. The minimum absolute atomic E-state index is 0.655. The van der Waals surface area contributed by atoms with Gasteiger partial charge in [-0.25, -0.2) is 0 Å². The summed E-state index contributed by atoms with van der Waals surface area (Å²) in [5, 5.41) is 0.862. The molecule has 0 saturated carbocycles. The van der Waals surface area contributed by atoms with E-state index in [-0.39, 0.29) is 0 Å². The lowest BCUT2D eigenvalue weighted by molar-refractivity contribution is 0.344. The van der Waals surface area contributed by atoms with Gasteiger partial charge in [0.1, 0.15) is 11.3 Å². The molecule has 4 heteroatoms. The molecule has 0 fully saturated rings. The van der Waals surface area contributed by atoms with Crippen molar-refractivity contribution in [2.75, 3.05) is 6.61 Å². The van der Waals surface area contributed by atoms with Gasteiger partial charge < -0.3 is 9.14 Å². The van der Waals surface area contributed by atoms with Gasteiger partial charge in [0.25, 0.3) is 0 Å². The molecule has 0 unspecified atom stereocenters. The van der Waals surface area contributed by atoms with E-state index >= 15 is 0 Å². The molecule has 0 aliphatic rings. The van der Waals surface area contributed by atoms with E-state index in [2.05, 4.69) is 17.6 Å². The summed E-state index contributed by atoms with van der Waals surface area (Å²) in [5.41, 5.74) is 0.953. The first-order valence-electron chi connectivity index (χ1n) is 4.09. The van der Waals surface area contributed by atoms with Crippen LogP contribution >= 0.6 is 12.6 Å². The first-order chi connectivity index (χ1) is 6.33. The van der Waals surface area contributed by atoms with Crippen molar-refractivity contribution in [3.8, 4) is 5.75 Å². The average molecular weight is 194 g/mol. The topological polar surface area (TPSA) is 26.5 Å². The van der Waals surface area contributed by atoms with E-state index < -0.39 is 0 Å². The van der Waals surface area contributed by atoms with Gasteiger partial charge in [0.15, 0.2) is 0 Å². The Balaban J connectivity index is 2.63. The van der Waals surface area contributed by atoms with Crippen LogP contribution in [-0.2, 0) is 0 Å². The zero-order valence-electron chi connectivity index (χ0n) is 7.27. The van der Waals surface area contributed by atoms with Crippen LogP contribution in [0.4, 0.5) is 0 Å². The maximum atomic E-state index is 5.43. The molecule has 0 amide bonds. The Labute approximate surface area is 81.8 Å². The molecule has 2 rings (SSSR count). The Morgan fingerprint density at radius 3 is 3.23 bits per heavy atom. The number of hydrogen-bond donors (Lipinski definition) is 1. The summed E-state index contributed by atoms with van der Waals surface area (Å²) < 4.78 is 7.36. The molecule has 68 valence electrons. The summed E-state index contributed by atoms with van der Waals surface area (Å²) in [5.74, 6) is 0.834. The van der Waals surface area contributed by atoms with Crippen LogP contribution in [0.15, 0.2) is 29.7 Å². The van der Waals surface area contributed by atoms with Crippen LogP contribution < -0.4 is 4.74 Å². The van der Waals surface area contributed by atoms with E-state index in [1.165, 1.54) is 0 Å². The Hall–Kier alpha value is -1.16. The van der Waals surface area contributed by atoms with Gasteiger partial charge in [0, 0.05) is 18.5 Å². The molecule has 13 heavy (non-hydrogen) atoms. The Morgan fingerprint density at radius 1 is 1.62 bits per heavy atom. The molecule has 2 heterocycles. The van der Waals surface area contributed by atoms with Crippen LogP contribution in [0.3, 0.4) is 0 Å². The number of hydrogen-bond acceptors (Lipinski definition) is 3. The van der Waals surface area contributed by atoms with Crippen LogP contribution in [0, 0.1) is 0 Å². The van der Waals surface area contributed by atoms with E-state index in [1.807, 2.05) is 23.6 Å². The van der Waals surface area contributed by atoms with Crippen LogP contribution in [0.25, 0.3) is 5.52 Å². The van der Waals surface area contributed by atoms with Crippen LogP contribution in [0.5, 0.6) is 5.75 Å². The first-order valence-corrected chi connectivity index (χ1v) is 4.54. The third kappa shape index (κ3) is 1.37. The fourth-order valence-corrected chi connectivity index (χ4v) is 1.57. The maximum absolute atomic E-state index is 5.43. The number of thiol groups is 1. The van der Waals surface area contributed by atoms with Crippen LogP contribution in [0.1, 0.15) is 6.92 Å². The van der Waals surface area contributed by atoms with Crippen molar-refractivity contribution in [3.63, 3.8) is 0 Å². The molecular weight excluding hydrogens is 184 g/mol. The zero-order valence-corrected chi connectivity index (χ0v) is 8.16. The van der Waals surface area contributed by atoms with E-state index in [4.69, 9.17) is 4.74 Å². The van der Waals surface area contributed by atoms with Gasteiger partial charge in [-0.2, -0.15) is 0 Å². The highest BCUT2D eigenvalue weighted by molar-refractivity contribution is 7.80. The first kappa shape index (κ1) is 8.44. The lowest BCUT2D eigenvalue weighted by Gasteiger charge is -1.99. The lowest BCUT2D eigenvalue weighted by atomic mass is 10.5. The van der Waals surface area contributed by atoms with Crippen molar-refractivity contribution in [1.82, 2.24) is 9.38 Å². The van der Waals surface area contributed by atoms with Crippen molar-refractivity contribution in [1.29, 1.82) is 0 Å². The quantitative estimate of drug-likeness (QED) is 0.740. The smallest absolute Gasteiger partial charge is 0.147 e. The molecule has 0 aromatic carbocycles. The van der Waals surface area contributed by atoms with Crippen molar-refractivity contribution in [3.05, 3.63) is 24.7 Å². The molecular formula is C9H10N2OS. The van der Waals surface area contributed by atoms with Gasteiger partial charge in [-0.15, -0.1) is 12.6 Å². The van der Waals surface area contributed by atoms with Gasteiger partial charge in [0.05, 0.1) is 17.8 Å². The molecule has 2 aromatic rings. The Morgan fingerprint density at radius 2 is 2.46 bits per heavy atom. The van der Waals surface area contributed by atoms with Crippen molar-refractivity contribution >= 4 is 18.1 Å². The second-order valence-corrected chi connectivity index (χ2v) is 3.09. The highest BCUT2D eigenvalue weighted by Crippen LogP contribution is 2.25. The van der Waals surface area contributed by atoms with Gasteiger partial charge in [-0.05, 0) is 6.92 Å². The lowest BCUT2D eigenvalue weighted by Crippen LogP contribution is -1.91. The predicted octanol–water partition coefficient (Wildman–Crippen LogP) is 2.02. The zero-order chi connectivity index (χ0) is 9.26. The number of ether oxygens (including phenoxy) is 1. The fourth-order valence-electron chi connectivity index (χ4n) is 1.28. The fraction of sp³-hybridized carbons (Fsp3) is 0.222.